The molecule has 0 fully saturated rings. The zero-order valence-electron chi connectivity index (χ0n) is 12.2. The number of rotatable bonds is 5. The van der Waals surface area contributed by atoms with Crippen molar-refractivity contribution in [1.29, 1.82) is 0 Å². The Kier molecular flexibility index (Phi) is 4.64. The molecule has 0 spiro atoms. The van der Waals surface area contributed by atoms with E-state index in [0.29, 0.717) is 12.3 Å². The number of para-hydroxylation sites is 1. The van der Waals surface area contributed by atoms with Gasteiger partial charge in [0.2, 0.25) is 0 Å². The highest BCUT2D eigenvalue weighted by Crippen LogP contribution is 2.29. The normalized spacial score (nSPS) is 12.2. The molecule has 0 saturated heterocycles. The van der Waals surface area contributed by atoms with Gasteiger partial charge >= 0.3 is 0 Å². The van der Waals surface area contributed by atoms with Crippen molar-refractivity contribution in [3.8, 4) is 11.5 Å². The van der Waals surface area contributed by atoms with Gasteiger partial charge in [-0.25, -0.2) is 0 Å². The van der Waals surface area contributed by atoms with Crippen LogP contribution in [0.2, 0.25) is 0 Å². The van der Waals surface area contributed by atoms with Crippen LogP contribution in [0, 0.1) is 6.92 Å². The molecule has 0 amide bonds. The van der Waals surface area contributed by atoms with E-state index in [0.717, 1.165) is 5.56 Å². The quantitative estimate of drug-likeness (QED) is 0.873. The lowest BCUT2D eigenvalue weighted by Gasteiger charge is -2.16. The molecule has 0 radical (unpaired) electrons. The summed E-state index contributed by atoms with van der Waals surface area (Å²) in [6.07, 6.45) is 0. The summed E-state index contributed by atoms with van der Waals surface area (Å²) in [7, 11) is 1.56. The smallest absolute Gasteiger partial charge is 0.162 e. The number of ether oxygens (including phenoxy) is 1. The Morgan fingerprint density at radius 3 is 2.50 bits per heavy atom. The summed E-state index contributed by atoms with van der Waals surface area (Å²) in [4.78, 5) is 0. The van der Waals surface area contributed by atoms with Crippen LogP contribution in [0.15, 0.2) is 42.5 Å². The lowest BCUT2D eigenvalue weighted by atomic mass is 10.1. The SMILES string of the molecule is COc1cccc(CNC(C)c2ccc(C)cc2)c1O. The van der Waals surface area contributed by atoms with E-state index in [9.17, 15) is 5.11 Å². The molecule has 2 aromatic rings. The fourth-order valence-electron chi connectivity index (χ4n) is 2.11. The summed E-state index contributed by atoms with van der Waals surface area (Å²) in [6.45, 7) is 4.79. The Morgan fingerprint density at radius 2 is 1.85 bits per heavy atom. The Balaban J connectivity index is 2.03. The summed E-state index contributed by atoms with van der Waals surface area (Å²) in [6, 6.07) is 14.2. The van der Waals surface area contributed by atoms with Crippen molar-refractivity contribution in [2.24, 2.45) is 0 Å². The van der Waals surface area contributed by atoms with Gasteiger partial charge in [0.05, 0.1) is 7.11 Å². The van der Waals surface area contributed by atoms with E-state index >= 15 is 0 Å². The van der Waals surface area contributed by atoms with Crippen molar-refractivity contribution in [1.82, 2.24) is 5.32 Å². The van der Waals surface area contributed by atoms with Crippen molar-refractivity contribution in [2.45, 2.75) is 26.4 Å². The number of nitrogens with one attached hydrogen (secondary N) is 1. The van der Waals surface area contributed by atoms with E-state index in [-0.39, 0.29) is 11.8 Å². The summed E-state index contributed by atoms with van der Waals surface area (Å²) in [5.41, 5.74) is 3.33. The van der Waals surface area contributed by atoms with Crippen LogP contribution in [0.4, 0.5) is 0 Å². The number of aromatic hydroxyl groups is 1. The van der Waals surface area contributed by atoms with Crippen LogP contribution < -0.4 is 10.1 Å². The van der Waals surface area contributed by atoms with Crippen molar-refractivity contribution < 1.29 is 9.84 Å². The second-order valence-corrected chi connectivity index (χ2v) is 4.98. The van der Waals surface area contributed by atoms with Crippen molar-refractivity contribution in [3.05, 3.63) is 59.2 Å². The zero-order valence-corrected chi connectivity index (χ0v) is 12.2. The number of aryl methyl sites for hydroxylation is 1. The van der Waals surface area contributed by atoms with Crippen LogP contribution in [-0.2, 0) is 6.54 Å². The van der Waals surface area contributed by atoms with E-state index in [4.69, 9.17) is 4.74 Å². The van der Waals surface area contributed by atoms with Crippen LogP contribution in [0.3, 0.4) is 0 Å². The molecule has 3 heteroatoms. The summed E-state index contributed by atoms with van der Waals surface area (Å²) >= 11 is 0. The molecule has 20 heavy (non-hydrogen) atoms. The lowest BCUT2D eigenvalue weighted by Crippen LogP contribution is -2.18. The van der Waals surface area contributed by atoms with Gasteiger partial charge in [-0.3, -0.25) is 0 Å². The first kappa shape index (κ1) is 14.4. The molecule has 0 saturated carbocycles. The number of benzene rings is 2. The molecule has 1 unspecified atom stereocenters. The highest BCUT2D eigenvalue weighted by atomic mass is 16.5. The number of methoxy groups -OCH3 is 1. The van der Waals surface area contributed by atoms with Crippen LogP contribution in [0.25, 0.3) is 0 Å². The predicted octanol–water partition coefficient (Wildman–Crippen LogP) is 3.56. The third-order valence-electron chi connectivity index (χ3n) is 3.48. The number of phenolic OH excluding ortho intramolecular Hbond substituents is 1. The van der Waals surface area contributed by atoms with E-state index in [1.54, 1.807) is 13.2 Å². The molecule has 0 aliphatic heterocycles. The average Bonchev–Trinajstić information content (AvgIpc) is 2.46. The maximum absolute atomic E-state index is 10.0. The molecule has 2 rings (SSSR count). The van der Waals surface area contributed by atoms with Crippen molar-refractivity contribution in [2.75, 3.05) is 7.11 Å². The maximum atomic E-state index is 10.0. The van der Waals surface area contributed by atoms with Crippen LogP contribution in [-0.4, -0.2) is 12.2 Å². The van der Waals surface area contributed by atoms with Gasteiger partial charge in [-0.05, 0) is 25.5 Å². The standard InChI is InChI=1S/C17H21NO2/c1-12-7-9-14(10-8-12)13(2)18-11-15-5-4-6-16(20-3)17(15)19/h4-10,13,18-19H,11H2,1-3H3. The largest absolute Gasteiger partial charge is 0.504 e. The summed E-state index contributed by atoms with van der Waals surface area (Å²) in [5.74, 6) is 0.714. The third-order valence-corrected chi connectivity index (χ3v) is 3.48. The minimum Gasteiger partial charge on any atom is -0.504 e. The Morgan fingerprint density at radius 1 is 1.15 bits per heavy atom. The molecule has 2 N–H and O–H groups in total. The van der Waals surface area contributed by atoms with Crippen molar-refractivity contribution >= 4 is 0 Å². The van der Waals surface area contributed by atoms with Gasteiger partial charge in [-0.15, -0.1) is 0 Å². The molecular formula is C17H21NO2. The first-order valence-electron chi connectivity index (χ1n) is 6.76. The minimum atomic E-state index is 0.207. The van der Waals surface area contributed by atoms with Crippen molar-refractivity contribution in [3.63, 3.8) is 0 Å². The lowest BCUT2D eigenvalue weighted by molar-refractivity contribution is 0.369. The van der Waals surface area contributed by atoms with E-state index in [1.165, 1.54) is 11.1 Å². The monoisotopic (exact) mass is 271 g/mol. The van der Waals surface area contributed by atoms with Gasteiger partial charge in [-0.2, -0.15) is 0 Å². The van der Waals surface area contributed by atoms with Gasteiger partial charge in [0.15, 0.2) is 11.5 Å². The van der Waals surface area contributed by atoms with E-state index in [2.05, 4.69) is 43.4 Å². The van der Waals surface area contributed by atoms with Gasteiger partial charge in [0.1, 0.15) is 0 Å². The molecule has 0 aliphatic carbocycles. The molecule has 0 bridgehead atoms. The number of hydrogen-bond acceptors (Lipinski definition) is 3. The zero-order chi connectivity index (χ0) is 14.5. The second-order valence-electron chi connectivity index (χ2n) is 4.98. The van der Waals surface area contributed by atoms with Crippen LogP contribution in [0.5, 0.6) is 11.5 Å². The molecule has 0 aromatic heterocycles. The fourth-order valence-corrected chi connectivity index (χ4v) is 2.11. The van der Waals surface area contributed by atoms with E-state index < -0.39 is 0 Å². The third kappa shape index (κ3) is 3.31. The average molecular weight is 271 g/mol. The number of phenols is 1. The first-order valence-corrected chi connectivity index (χ1v) is 6.76. The molecule has 1 atom stereocenters. The highest BCUT2D eigenvalue weighted by molar-refractivity contribution is 5.45. The molecular weight excluding hydrogens is 250 g/mol. The first-order chi connectivity index (χ1) is 9.61. The fraction of sp³-hybridized carbons (Fsp3) is 0.294. The Bertz CT molecular complexity index is 564. The van der Waals surface area contributed by atoms with E-state index in [1.807, 2.05) is 12.1 Å². The molecule has 0 aliphatic rings. The van der Waals surface area contributed by atoms with Crippen LogP contribution in [0.1, 0.15) is 29.7 Å². The minimum absolute atomic E-state index is 0.207. The number of hydrogen-bond donors (Lipinski definition) is 2. The summed E-state index contributed by atoms with van der Waals surface area (Å²) < 4.78 is 5.11. The maximum Gasteiger partial charge on any atom is 0.162 e. The van der Waals surface area contributed by atoms with Gasteiger partial charge in [0, 0.05) is 18.2 Å². The molecule has 0 heterocycles. The Labute approximate surface area is 120 Å². The molecule has 3 nitrogen and oxygen atoms in total. The van der Waals surface area contributed by atoms with Gasteiger partial charge < -0.3 is 15.2 Å². The van der Waals surface area contributed by atoms with Crippen LogP contribution >= 0.6 is 0 Å². The van der Waals surface area contributed by atoms with Gasteiger partial charge in [-0.1, -0.05) is 42.0 Å². The summed E-state index contributed by atoms with van der Waals surface area (Å²) in [5, 5.41) is 13.5. The highest BCUT2D eigenvalue weighted by Gasteiger charge is 2.09. The Hall–Kier alpha value is -2.00. The second kappa shape index (κ2) is 6.44. The topological polar surface area (TPSA) is 41.5 Å². The predicted molar refractivity (Wildman–Crippen MR) is 81.1 cm³/mol. The van der Waals surface area contributed by atoms with Gasteiger partial charge in [0.25, 0.3) is 0 Å². The molecule has 106 valence electrons. The molecule has 2 aromatic carbocycles.